The Labute approximate surface area is 115 Å². The average molecular weight is 280 g/mol. The zero-order valence-electron chi connectivity index (χ0n) is 10.7. The van der Waals surface area contributed by atoms with Crippen LogP contribution < -0.4 is 16.5 Å². The maximum Gasteiger partial charge on any atom is 0.352 e. The molecule has 7 heteroatoms. The zero-order valence-corrected chi connectivity index (χ0v) is 11.4. The summed E-state index contributed by atoms with van der Waals surface area (Å²) in [5.41, 5.74) is 0.272. The molecule has 2 rings (SSSR count). The highest BCUT2D eigenvalue weighted by Crippen LogP contribution is 2.25. The van der Waals surface area contributed by atoms with Gasteiger partial charge in [0.1, 0.15) is 5.82 Å². The number of nitrogens with two attached hydrogens (primary N) is 1. The van der Waals surface area contributed by atoms with Crippen LogP contribution in [0.25, 0.3) is 11.4 Å². The number of benzene rings is 1. The van der Waals surface area contributed by atoms with E-state index in [2.05, 4.69) is 9.97 Å². The van der Waals surface area contributed by atoms with Gasteiger partial charge in [-0.25, -0.2) is 10.6 Å². The molecule has 0 atom stereocenters. The van der Waals surface area contributed by atoms with E-state index in [4.69, 9.17) is 17.4 Å². The number of anilines is 1. The predicted molar refractivity (Wildman–Crippen MR) is 75.0 cm³/mol. The van der Waals surface area contributed by atoms with Crippen molar-refractivity contribution in [3.63, 3.8) is 0 Å². The fourth-order valence-corrected chi connectivity index (χ4v) is 1.93. The molecule has 6 nitrogen and oxygen atoms in total. The van der Waals surface area contributed by atoms with Crippen LogP contribution in [-0.2, 0) is 6.54 Å². The Kier molecular flexibility index (Phi) is 3.82. The monoisotopic (exact) mass is 279 g/mol. The van der Waals surface area contributed by atoms with Gasteiger partial charge in [0.05, 0.1) is 5.02 Å². The number of nitrogens with zero attached hydrogens (tertiary/aromatic N) is 4. The van der Waals surface area contributed by atoms with Gasteiger partial charge in [-0.15, -0.1) is 0 Å². The van der Waals surface area contributed by atoms with Gasteiger partial charge in [0, 0.05) is 19.2 Å². The standard InChI is InChI=1S/C12H14ClN5O/c1-3-18-10(8-6-4-5-7-9(8)13)15-11(17(2)14)16-12(18)19/h4-7H,3,14H2,1-2H3. The molecule has 0 amide bonds. The molecule has 2 aromatic rings. The minimum Gasteiger partial charge on any atom is -0.282 e. The lowest BCUT2D eigenvalue weighted by Gasteiger charge is -2.15. The summed E-state index contributed by atoms with van der Waals surface area (Å²) in [6, 6.07) is 7.20. The third kappa shape index (κ3) is 2.59. The Hall–Kier alpha value is -1.92. The second kappa shape index (κ2) is 5.38. The SMILES string of the molecule is CCn1c(-c2ccccc2Cl)nc(N(C)N)nc1=O. The Bertz CT molecular complexity index is 653. The van der Waals surface area contributed by atoms with Crippen molar-refractivity contribution in [1.29, 1.82) is 0 Å². The van der Waals surface area contributed by atoms with Crippen molar-refractivity contribution in [3.05, 3.63) is 39.8 Å². The third-order valence-corrected chi connectivity index (χ3v) is 2.96. The minimum absolute atomic E-state index is 0.157. The van der Waals surface area contributed by atoms with E-state index in [0.29, 0.717) is 23.0 Å². The summed E-state index contributed by atoms with van der Waals surface area (Å²) in [4.78, 5) is 20.1. The summed E-state index contributed by atoms with van der Waals surface area (Å²) in [6.45, 7) is 2.30. The van der Waals surface area contributed by atoms with E-state index in [1.54, 1.807) is 19.2 Å². The molecule has 0 bridgehead atoms. The van der Waals surface area contributed by atoms with Crippen LogP contribution >= 0.6 is 11.6 Å². The highest BCUT2D eigenvalue weighted by Gasteiger charge is 2.14. The quantitative estimate of drug-likeness (QED) is 0.677. The van der Waals surface area contributed by atoms with Gasteiger partial charge < -0.3 is 0 Å². The molecule has 0 saturated carbocycles. The van der Waals surface area contributed by atoms with Crippen molar-refractivity contribution in [2.24, 2.45) is 5.84 Å². The van der Waals surface area contributed by atoms with Gasteiger partial charge in [-0.05, 0) is 19.1 Å². The van der Waals surface area contributed by atoms with Crippen LogP contribution in [0.1, 0.15) is 6.92 Å². The molecular weight excluding hydrogens is 266 g/mol. The fourth-order valence-electron chi connectivity index (χ4n) is 1.71. The molecule has 100 valence electrons. The lowest BCUT2D eigenvalue weighted by Crippen LogP contribution is -2.33. The minimum atomic E-state index is -0.403. The van der Waals surface area contributed by atoms with E-state index in [1.165, 1.54) is 9.58 Å². The molecular formula is C12H14ClN5O. The van der Waals surface area contributed by atoms with Crippen LogP contribution in [0.2, 0.25) is 5.02 Å². The van der Waals surface area contributed by atoms with Crippen molar-refractivity contribution in [3.8, 4) is 11.4 Å². The van der Waals surface area contributed by atoms with Gasteiger partial charge in [-0.3, -0.25) is 9.58 Å². The van der Waals surface area contributed by atoms with Gasteiger partial charge in [-0.2, -0.15) is 9.97 Å². The van der Waals surface area contributed by atoms with E-state index in [9.17, 15) is 4.79 Å². The summed E-state index contributed by atoms with van der Waals surface area (Å²) < 4.78 is 1.45. The molecule has 0 spiro atoms. The first kappa shape index (κ1) is 13.5. The number of halogens is 1. The highest BCUT2D eigenvalue weighted by atomic mass is 35.5. The van der Waals surface area contributed by atoms with Crippen molar-refractivity contribution >= 4 is 17.5 Å². The summed E-state index contributed by atoms with van der Waals surface area (Å²) in [6.07, 6.45) is 0. The Morgan fingerprint density at radius 1 is 1.37 bits per heavy atom. The smallest absolute Gasteiger partial charge is 0.282 e. The van der Waals surface area contributed by atoms with Gasteiger partial charge >= 0.3 is 5.69 Å². The van der Waals surface area contributed by atoms with Gasteiger partial charge in [0.15, 0.2) is 0 Å². The van der Waals surface area contributed by atoms with E-state index in [0.717, 1.165) is 0 Å². The molecule has 1 aromatic carbocycles. The van der Waals surface area contributed by atoms with Crippen LogP contribution in [0, 0.1) is 0 Å². The summed E-state index contributed by atoms with van der Waals surface area (Å²) in [5.74, 6) is 6.20. The first-order chi connectivity index (χ1) is 9.04. The van der Waals surface area contributed by atoms with Crippen LogP contribution in [0.15, 0.2) is 29.1 Å². The Morgan fingerprint density at radius 3 is 2.63 bits per heavy atom. The van der Waals surface area contributed by atoms with Gasteiger partial charge in [0.25, 0.3) is 0 Å². The first-order valence-corrected chi connectivity index (χ1v) is 6.14. The zero-order chi connectivity index (χ0) is 14.0. The fraction of sp³-hybridized carbons (Fsp3) is 0.250. The highest BCUT2D eigenvalue weighted by molar-refractivity contribution is 6.33. The number of rotatable bonds is 3. The van der Waals surface area contributed by atoms with E-state index >= 15 is 0 Å². The molecule has 1 aromatic heterocycles. The second-order valence-electron chi connectivity index (χ2n) is 3.96. The van der Waals surface area contributed by atoms with Crippen LogP contribution in [-0.4, -0.2) is 21.6 Å². The maximum atomic E-state index is 12.0. The normalized spacial score (nSPS) is 10.5. The van der Waals surface area contributed by atoms with Crippen LogP contribution in [0.3, 0.4) is 0 Å². The summed E-state index contributed by atoms with van der Waals surface area (Å²) in [5, 5.41) is 1.72. The van der Waals surface area contributed by atoms with E-state index in [-0.39, 0.29) is 5.95 Å². The van der Waals surface area contributed by atoms with Crippen LogP contribution in [0.5, 0.6) is 0 Å². The average Bonchev–Trinajstić information content (AvgIpc) is 2.38. The molecule has 2 N–H and O–H groups in total. The number of hydrazine groups is 1. The van der Waals surface area contributed by atoms with Crippen molar-refractivity contribution in [1.82, 2.24) is 14.5 Å². The van der Waals surface area contributed by atoms with Crippen molar-refractivity contribution < 1.29 is 0 Å². The molecule has 0 fully saturated rings. The molecule has 0 radical (unpaired) electrons. The molecule has 0 saturated heterocycles. The first-order valence-electron chi connectivity index (χ1n) is 5.76. The third-order valence-electron chi connectivity index (χ3n) is 2.63. The topological polar surface area (TPSA) is 77.0 Å². The number of hydrogen-bond donors (Lipinski definition) is 1. The number of hydrogen-bond acceptors (Lipinski definition) is 5. The Balaban J connectivity index is 2.74. The predicted octanol–water partition coefficient (Wildman–Crippen LogP) is 1.29. The lowest BCUT2D eigenvalue weighted by atomic mass is 10.2. The molecule has 0 aliphatic carbocycles. The Morgan fingerprint density at radius 2 is 2.05 bits per heavy atom. The van der Waals surface area contributed by atoms with Gasteiger partial charge in [0.2, 0.25) is 5.95 Å². The number of aromatic nitrogens is 3. The molecule has 0 aliphatic heterocycles. The maximum absolute atomic E-state index is 12.0. The molecule has 0 aliphatic rings. The van der Waals surface area contributed by atoms with Crippen molar-refractivity contribution in [2.75, 3.05) is 12.1 Å². The lowest BCUT2D eigenvalue weighted by molar-refractivity contribution is 0.679. The van der Waals surface area contributed by atoms with E-state index < -0.39 is 5.69 Å². The molecule has 0 unspecified atom stereocenters. The van der Waals surface area contributed by atoms with E-state index in [1.807, 2.05) is 19.1 Å². The largest absolute Gasteiger partial charge is 0.352 e. The second-order valence-corrected chi connectivity index (χ2v) is 4.37. The van der Waals surface area contributed by atoms with Crippen LogP contribution in [0.4, 0.5) is 5.95 Å². The molecule has 1 heterocycles. The summed E-state index contributed by atoms with van der Waals surface area (Å²) >= 11 is 6.15. The van der Waals surface area contributed by atoms with Crippen molar-refractivity contribution in [2.45, 2.75) is 13.5 Å². The molecule has 19 heavy (non-hydrogen) atoms. The summed E-state index contributed by atoms with van der Waals surface area (Å²) in [7, 11) is 1.57. The van der Waals surface area contributed by atoms with Gasteiger partial charge in [-0.1, -0.05) is 23.7 Å².